The normalized spacial score (nSPS) is 10.9. The molecule has 0 aliphatic carbocycles. The summed E-state index contributed by atoms with van der Waals surface area (Å²) >= 11 is 2.68. The predicted octanol–water partition coefficient (Wildman–Crippen LogP) is 3.24. The molecule has 0 bridgehead atoms. The van der Waals surface area contributed by atoms with Crippen molar-refractivity contribution >= 4 is 29.5 Å². The molecule has 0 aliphatic heterocycles. The first-order valence-corrected chi connectivity index (χ1v) is 6.96. The Kier molecular flexibility index (Phi) is 4.49. The fourth-order valence-electron chi connectivity index (χ4n) is 1.19. The van der Waals surface area contributed by atoms with Crippen LogP contribution in [-0.2, 0) is 4.79 Å². The molecule has 0 spiro atoms. The maximum atomic E-state index is 11.1. The van der Waals surface area contributed by atoms with E-state index in [0.29, 0.717) is 10.5 Å². The number of hydrogen-bond acceptors (Lipinski definition) is 4. The molecule has 0 fully saturated rings. The summed E-state index contributed by atoms with van der Waals surface area (Å²) in [6.45, 7) is 3.26. The first-order chi connectivity index (χ1) is 7.92. The van der Waals surface area contributed by atoms with Gasteiger partial charge in [-0.15, -0.1) is 23.5 Å². The van der Waals surface area contributed by atoms with Crippen molar-refractivity contribution in [3.8, 4) is 6.07 Å². The Bertz CT molecular complexity index is 478. The van der Waals surface area contributed by atoms with Gasteiger partial charge in [0.15, 0.2) is 0 Å². The summed E-state index contributed by atoms with van der Waals surface area (Å²) in [7, 11) is 0. The van der Waals surface area contributed by atoms with Crippen LogP contribution in [0, 0.1) is 11.3 Å². The minimum atomic E-state index is -0.942. The van der Waals surface area contributed by atoms with Gasteiger partial charge in [0.1, 0.15) is 10.8 Å². The molecule has 1 N–H and O–H groups in total. The first kappa shape index (κ1) is 13.9. The number of hydrogen-bond donors (Lipinski definition) is 1. The number of thioether (sulfide) groups is 2. The highest BCUT2D eigenvalue weighted by Crippen LogP contribution is 2.37. The van der Waals surface area contributed by atoms with Crippen molar-refractivity contribution in [3.63, 3.8) is 0 Å². The van der Waals surface area contributed by atoms with E-state index in [-0.39, 0.29) is 0 Å². The van der Waals surface area contributed by atoms with Gasteiger partial charge < -0.3 is 5.11 Å². The van der Waals surface area contributed by atoms with Crippen molar-refractivity contribution < 1.29 is 9.90 Å². The summed E-state index contributed by atoms with van der Waals surface area (Å²) in [5, 5.41) is 18.2. The van der Waals surface area contributed by atoms with Crippen LogP contribution >= 0.6 is 23.5 Å². The molecule has 0 atom stereocenters. The lowest BCUT2D eigenvalue weighted by atomic mass is 10.2. The van der Waals surface area contributed by atoms with Crippen LogP contribution in [0.25, 0.3) is 0 Å². The molecule has 17 heavy (non-hydrogen) atoms. The van der Waals surface area contributed by atoms with E-state index in [9.17, 15) is 4.79 Å². The number of nitrogens with zero attached hydrogens (tertiary/aromatic N) is 1. The zero-order valence-corrected chi connectivity index (χ0v) is 11.5. The fourth-order valence-corrected chi connectivity index (χ4v) is 2.88. The van der Waals surface area contributed by atoms with Crippen molar-refractivity contribution in [3.05, 3.63) is 23.8 Å². The van der Waals surface area contributed by atoms with Crippen LogP contribution < -0.4 is 0 Å². The SMILES string of the molecule is CSc1cccc(SC(C)(C)C(=O)O)c1C#N. The third-order valence-electron chi connectivity index (χ3n) is 2.20. The molecule has 0 saturated heterocycles. The van der Waals surface area contributed by atoms with Crippen molar-refractivity contribution in [2.75, 3.05) is 6.26 Å². The highest BCUT2D eigenvalue weighted by Gasteiger charge is 2.29. The number of aliphatic carboxylic acids is 1. The summed E-state index contributed by atoms with van der Waals surface area (Å²) < 4.78 is -0.942. The van der Waals surface area contributed by atoms with Crippen molar-refractivity contribution in [1.82, 2.24) is 0 Å². The predicted molar refractivity (Wildman–Crippen MR) is 70.5 cm³/mol. The lowest BCUT2D eigenvalue weighted by Gasteiger charge is -2.19. The van der Waals surface area contributed by atoms with Crippen molar-refractivity contribution in [2.24, 2.45) is 0 Å². The molecular formula is C12H13NO2S2. The second-order valence-electron chi connectivity index (χ2n) is 3.86. The Morgan fingerprint density at radius 1 is 1.41 bits per heavy atom. The lowest BCUT2D eigenvalue weighted by Crippen LogP contribution is -2.27. The smallest absolute Gasteiger partial charge is 0.319 e. The number of benzene rings is 1. The van der Waals surface area contributed by atoms with E-state index in [1.165, 1.54) is 23.5 Å². The van der Waals surface area contributed by atoms with Crippen LogP contribution in [-0.4, -0.2) is 22.1 Å². The molecular weight excluding hydrogens is 254 g/mol. The minimum Gasteiger partial charge on any atom is -0.480 e. The molecule has 0 aromatic heterocycles. The van der Waals surface area contributed by atoms with E-state index in [2.05, 4.69) is 6.07 Å². The topological polar surface area (TPSA) is 61.1 Å². The molecule has 1 rings (SSSR count). The molecule has 0 unspecified atom stereocenters. The largest absolute Gasteiger partial charge is 0.480 e. The Morgan fingerprint density at radius 3 is 2.47 bits per heavy atom. The third kappa shape index (κ3) is 3.18. The zero-order chi connectivity index (χ0) is 13.1. The highest BCUT2D eigenvalue weighted by molar-refractivity contribution is 8.01. The molecule has 1 aromatic carbocycles. The molecule has 0 heterocycles. The Morgan fingerprint density at radius 2 is 2.00 bits per heavy atom. The number of carboxylic acids is 1. The lowest BCUT2D eigenvalue weighted by molar-refractivity contribution is -0.138. The summed E-state index contributed by atoms with van der Waals surface area (Å²) in [6, 6.07) is 7.63. The van der Waals surface area contributed by atoms with Gasteiger partial charge in [0, 0.05) is 9.79 Å². The highest BCUT2D eigenvalue weighted by atomic mass is 32.2. The van der Waals surface area contributed by atoms with Gasteiger partial charge in [0.05, 0.1) is 5.56 Å². The number of nitriles is 1. The van der Waals surface area contributed by atoms with Crippen LogP contribution in [0.1, 0.15) is 19.4 Å². The van der Waals surface area contributed by atoms with E-state index in [1.807, 2.05) is 18.4 Å². The molecule has 0 saturated carbocycles. The minimum absolute atomic E-state index is 0.555. The summed E-state index contributed by atoms with van der Waals surface area (Å²) in [5.41, 5.74) is 0.555. The van der Waals surface area contributed by atoms with Gasteiger partial charge in [0.2, 0.25) is 0 Å². The number of carboxylic acid groups (broad SMARTS) is 1. The average Bonchev–Trinajstić information content (AvgIpc) is 2.27. The van der Waals surface area contributed by atoms with E-state index in [0.717, 1.165) is 4.90 Å². The Balaban J connectivity index is 3.16. The maximum absolute atomic E-state index is 11.1. The van der Waals surface area contributed by atoms with Gasteiger partial charge in [0.25, 0.3) is 0 Å². The van der Waals surface area contributed by atoms with Gasteiger partial charge >= 0.3 is 5.97 Å². The summed E-state index contributed by atoms with van der Waals surface area (Å²) in [4.78, 5) is 12.7. The van der Waals surface area contributed by atoms with E-state index >= 15 is 0 Å². The monoisotopic (exact) mass is 267 g/mol. The van der Waals surface area contributed by atoms with Gasteiger partial charge in [-0.05, 0) is 32.2 Å². The molecule has 0 aliphatic rings. The third-order valence-corrected chi connectivity index (χ3v) is 4.22. The second kappa shape index (κ2) is 5.48. The van der Waals surface area contributed by atoms with Crippen LogP contribution in [0.15, 0.2) is 28.0 Å². The van der Waals surface area contributed by atoms with E-state index in [1.54, 1.807) is 19.9 Å². The fraction of sp³-hybridized carbons (Fsp3) is 0.333. The molecule has 3 nitrogen and oxygen atoms in total. The summed E-state index contributed by atoms with van der Waals surface area (Å²) in [6.07, 6.45) is 1.90. The quantitative estimate of drug-likeness (QED) is 0.849. The van der Waals surface area contributed by atoms with Crippen LogP contribution in [0.3, 0.4) is 0 Å². The van der Waals surface area contributed by atoms with Gasteiger partial charge in [-0.25, -0.2) is 0 Å². The first-order valence-electron chi connectivity index (χ1n) is 4.92. The Labute approximate surface area is 109 Å². The maximum Gasteiger partial charge on any atom is 0.319 e. The van der Waals surface area contributed by atoms with Crippen molar-refractivity contribution in [2.45, 2.75) is 28.4 Å². The molecule has 0 amide bonds. The van der Waals surface area contributed by atoms with Crippen LogP contribution in [0.2, 0.25) is 0 Å². The number of rotatable bonds is 4. The van der Waals surface area contributed by atoms with Gasteiger partial charge in [-0.1, -0.05) is 6.07 Å². The molecule has 5 heteroatoms. The molecule has 0 radical (unpaired) electrons. The number of carbonyl (C=O) groups is 1. The molecule has 1 aromatic rings. The standard InChI is InChI=1S/C12H13NO2S2/c1-12(2,11(14)15)17-10-6-4-5-9(16-3)8(10)7-13/h4-6H,1-3H3,(H,14,15). The van der Waals surface area contributed by atoms with E-state index < -0.39 is 10.7 Å². The average molecular weight is 267 g/mol. The van der Waals surface area contributed by atoms with Crippen molar-refractivity contribution in [1.29, 1.82) is 5.26 Å². The van der Waals surface area contributed by atoms with Gasteiger partial charge in [-0.2, -0.15) is 5.26 Å². The van der Waals surface area contributed by atoms with Crippen LogP contribution in [0.4, 0.5) is 0 Å². The zero-order valence-electron chi connectivity index (χ0n) is 9.85. The Hall–Kier alpha value is -1.12. The van der Waals surface area contributed by atoms with Gasteiger partial charge in [-0.3, -0.25) is 4.79 Å². The second-order valence-corrected chi connectivity index (χ2v) is 6.38. The van der Waals surface area contributed by atoms with E-state index in [4.69, 9.17) is 10.4 Å². The summed E-state index contributed by atoms with van der Waals surface area (Å²) in [5.74, 6) is -0.888. The van der Waals surface area contributed by atoms with Crippen LogP contribution in [0.5, 0.6) is 0 Å². The molecule has 90 valence electrons.